The molecule has 4 atom stereocenters. The molecule has 3 aromatic carbocycles. The van der Waals surface area contributed by atoms with Gasteiger partial charge in [0, 0.05) is 25.2 Å². The first-order valence-corrected chi connectivity index (χ1v) is 15.6. The molecular formula is C35H39F3N4O7. The summed E-state index contributed by atoms with van der Waals surface area (Å²) in [5.74, 6) is -0.692. The van der Waals surface area contributed by atoms with E-state index < -0.39 is 48.3 Å². The Kier molecular flexibility index (Phi) is 11.1. The number of amides is 3. The normalized spacial score (nSPS) is 21.2. The maximum atomic E-state index is 13.2. The number of nitrogens with zero attached hydrogens (tertiary/aromatic N) is 1. The molecule has 4 N–H and O–H groups in total. The molecule has 1 saturated heterocycles. The number of aliphatic hydroxyl groups excluding tert-OH is 1. The van der Waals surface area contributed by atoms with Crippen molar-refractivity contribution in [1.29, 1.82) is 0 Å². The van der Waals surface area contributed by atoms with Gasteiger partial charge in [0.05, 0.1) is 26.9 Å². The van der Waals surface area contributed by atoms with Crippen LogP contribution in [0.15, 0.2) is 90.6 Å². The van der Waals surface area contributed by atoms with Crippen molar-refractivity contribution in [2.45, 2.75) is 49.7 Å². The van der Waals surface area contributed by atoms with Gasteiger partial charge in [-0.05, 0) is 54.0 Å². The minimum absolute atomic E-state index is 0.0276. The highest BCUT2D eigenvalue weighted by Crippen LogP contribution is 2.42. The molecule has 2 heterocycles. The Balaban J connectivity index is 1.33. The first-order chi connectivity index (χ1) is 23.5. The Labute approximate surface area is 282 Å². The Morgan fingerprint density at radius 3 is 2.04 bits per heavy atom. The van der Waals surface area contributed by atoms with E-state index in [-0.39, 0.29) is 26.1 Å². The van der Waals surface area contributed by atoms with Gasteiger partial charge in [-0.15, -0.1) is 0 Å². The van der Waals surface area contributed by atoms with E-state index in [0.29, 0.717) is 17.2 Å². The number of nitrogens with one attached hydrogen (secondary N) is 3. The quantitative estimate of drug-likeness (QED) is 0.157. The third-order valence-corrected chi connectivity index (χ3v) is 8.45. The molecule has 0 aromatic heterocycles. The largest absolute Gasteiger partial charge is 0.497 e. The van der Waals surface area contributed by atoms with Crippen LogP contribution >= 0.6 is 0 Å². The zero-order valence-electron chi connectivity index (χ0n) is 27.2. The Hall–Kier alpha value is -4.63. The number of benzene rings is 3. The van der Waals surface area contributed by atoms with Gasteiger partial charge in [-0.3, -0.25) is 15.0 Å². The SMILES string of the molecule is COc1ccc(C(OC[C@H]2O[C@@H](N3C(=O)NC(NCCNC(=O)C(F)(F)F)C=C3C)C[C@@H]2O)(c2ccccc2)c2ccc(OC)cc2)cc1. The van der Waals surface area contributed by atoms with Crippen LogP contribution in [0.2, 0.25) is 0 Å². The summed E-state index contributed by atoms with van der Waals surface area (Å²) >= 11 is 0. The van der Waals surface area contributed by atoms with Gasteiger partial charge >= 0.3 is 18.1 Å². The molecule has 14 heteroatoms. The van der Waals surface area contributed by atoms with Crippen molar-refractivity contribution in [3.8, 4) is 11.5 Å². The van der Waals surface area contributed by atoms with Crippen LogP contribution in [0.5, 0.6) is 11.5 Å². The van der Waals surface area contributed by atoms with Crippen molar-refractivity contribution in [2.24, 2.45) is 0 Å². The van der Waals surface area contributed by atoms with Gasteiger partial charge in [0.15, 0.2) is 0 Å². The van der Waals surface area contributed by atoms with Gasteiger partial charge in [-0.2, -0.15) is 13.2 Å². The first-order valence-electron chi connectivity index (χ1n) is 15.6. The van der Waals surface area contributed by atoms with Gasteiger partial charge < -0.3 is 34.7 Å². The Morgan fingerprint density at radius 1 is 0.939 bits per heavy atom. The second-order valence-electron chi connectivity index (χ2n) is 11.6. The van der Waals surface area contributed by atoms with Gasteiger partial charge in [-0.1, -0.05) is 54.6 Å². The maximum absolute atomic E-state index is 13.2. The Morgan fingerprint density at radius 2 is 1.51 bits per heavy atom. The van der Waals surface area contributed by atoms with Gasteiger partial charge in [0.25, 0.3) is 0 Å². The van der Waals surface area contributed by atoms with Crippen LogP contribution in [-0.2, 0) is 19.9 Å². The van der Waals surface area contributed by atoms with E-state index in [4.69, 9.17) is 18.9 Å². The summed E-state index contributed by atoms with van der Waals surface area (Å²) in [6.45, 7) is 1.32. The van der Waals surface area contributed by atoms with Crippen molar-refractivity contribution in [3.63, 3.8) is 0 Å². The predicted molar refractivity (Wildman–Crippen MR) is 173 cm³/mol. The summed E-state index contributed by atoms with van der Waals surface area (Å²) in [6, 6.07) is 24.2. The van der Waals surface area contributed by atoms with Crippen LogP contribution in [0.4, 0.5) is 18.0 Å². The highest BCUT2D eigenvalue weighted by atomic mass is 19.4. The Bertz CT molecular complexity index is 1560. The third kappa shape index (κ3) is 7.99. The van der Waals surface area contributed by atoms with Crippen LogP contribution in [-0.4, -0.2) is 86.6 Å². The number of allylic oxidation sites excluding steroid dienone is 1. The molecule has 0 spiro atoms. The molecule has 0 saturated carbocycles. The van der Waals surface area contributed by atoms with Crippen LogP contribution < -0.4 is 25.4 Å². The van der Waals surface area contributed by atoms with Crippen molar-refractivity contribution in [1.82, 2.24) is 20.9 Å². The smallest absolute Gasteiger partial charge is 0.471 e. The molecule has 3 aromatic rings. The number of ether oxygens (including phenoxy) is 4. The second-order valence-corrected chi connectivity index (χ2v) is 11.6. The number of carbonyl (C=O) groups excluding carboxylic acids is 2. The summed E-state index contributed by atoms with van der Waals surface area (Å²) in [4.78, 5) is 25.6. The second kappa shape index (κ2) is 15.3. The summed E-state index contributed by atoms with van der Waals surface area (Å²) in [5, 5.41) is 18.5. The van der Waals surface area contributed by atoms with E-state index in [9.17, 15) is 27.9 Å². The molecule has 262 valence electrons. The lowest BCUT2D eigenvalue weighted by atomic mass is 9.80. The number of aliphatic hydroxyl groups is 1. The number of hydrogen-bond acceptors (Lipinski definition) is 8. The summed E-state index contributed by atoms with van der Waals surface area (Å²) in [7, 11) is 3.18. The molecule has 5 rings (SSSR count). The lowest BCUT2D eigenvalue weighted by molar-refractivity contribution is -0.173. The average Bonchev–Trinajstić information content (AvgIpc) is 3.46. The van der Waals surface area contributed by atoms with Gasteiger partial charge in [0.2, 0.25) is 0 Å². The average molecular weight is 685 g/mol. The summed E-state index contributed by atoms with van der Waals surface area (Å²) in [6.07, 6.45) is -6.49. The third-order valence-electron chi connectivity index (χ3n) is 8.45. The number of urea groups is 1. The number of methoxy groups -OCH3 is 2. The number of halogens is 3. The van der Waals surface area contributed by atoms with Gasteiger partial charge in [0.1, 0.15) is 35.6 Å². The molecule has 49 heavy (non-hydrogen) atoms. The standard InChI is InChI=1S/C35H39F3N4O7/c1-22-19-30(39-17-18-40-32(44)35(36,37)38)41-33(45)42(22)31-20-28(43)29(49-31)21-48-34(23-7-5-4-6-8-23,24-9-13-26(46-2)14-10-24)25-11-15-27(47-3)16-12-25/h4-16,19,28-31,39,43H,17-18,20-21H2,1-3H3,(H,40,44)(H,41,45)/t28-,29+,30?,31+/m0/s1. The highest BCUT2D eigenvalue weighted by molar-refractivity contribution is 5.81. The first kappa shape index (κ1) is 35.7. The fraction of sp³-hybridized carbons (Fsp3) is 0.371. The minimum atomic E-state index is -4.97. The zero-order chi connectivity index (χ0) is 35.2. The molecule has 0 aliphatic carbocycles. The fourth-order valence-corrected chi connectivity index (χ4v) is 6.00. The summed E-state index contributed by atoms with van der Waals surface area (Å²) < 4.78 is 61.2. The molecule has 0 radical (unpaired) electrons. The van der Waals surface area contributed by atoms with Crippen LogP contribution in [0.1, 0.15) is 30.0 Å². The molecule has 2 aliphatic rings. The number of rotatable bonds is 13. The molecule has 0 bridgehead atoms. The van der Waals surface area contributed by atoms with Crippen LogP contribution in [0.25, 0.3) is 0 Å². The van der Waals surface area contributed by atoms with E-state index in [2.05, 4.69) is 10.6 Å². The topological polar surface area (TPSA) is 131 Å². The molecule has 3 amide bonds. The van der Waals surface area contributed by atoms with E-state index in [1.165, 1.54) is 4.90 Å². The lowest BCUT2D eigenvalue weighted by Crippen LogP contribution is -2.56. The van der Waals surface area contributed by atoms with Crippen molar-refractivity contribution < 1.29 is 46.8 Å². The van der Waals surface area contributed by atoms with Crippen molar-refractivity contribution in [3.05, 3.63) is 107 Å². The van der Waals surface area contributed by atoms with Crippen LogP contribution in [0, 0.1) is 0 Å². The molecule has 1 unspecified atom stereocenters. The molecule has 2 aliphatic heterocycles. The maximum Gasteiger partial charge on any atom is 0.471 e. The zero-order valence-corrected chi connectivity index (χ0v) is 27.2. The van der Waals surface area contributed by atoms with Gasteiger partial charge in [-0.25, -0.2) is 4.79 Å². The molecule has 11 nitrogen and oxygen atoms in total. The molecule has 1 fully saturated rings. The van der Waals surface area contributed by atoms with Crippen LogP contribution in [0.3, 0.4) is 0 Å². The number of carbonyl (C=O) groups is 2. The van der Waals surface area contributed by atoms with Crippen molar-refractivity contribution in [2.75, 3.05) is 33.9 Å². The predicted octanol–water partition coefficient (Wildman–Crippen LogP) is 4.01. The van der Waals surface area contributed by atoms with E-state index >= 15 is 0 Å². The van der Waals surface area contributed by atoms with E-state index in [1.807, 2.05) is 78.9 Å². The van der Waals surface area contributed by atoms with E-state index in [1.54, 1.807) is 32.5 Å². The number of alkyl halides is 3. The monoisotopic (exact) mass is 684 g/mol. The molecular weight excluding hydrogens is 645 g/mol. The number of hydrogen-bond donors (Lipinski definition) is 4. The summed E-state index contributed by atoms with van der Waals surface area (Å²) in [5.41, 5.74) is 1.81. The van der Waals surface area contributed by atoms with Crippen molar-refractivity contribution >= 4 is 11.9 Å². The highest BCUT2D eigenvalue weighted by Gasteiger charge is 2.44. The fourth-order valence-electron chi connectivity index (χ4n) is 6.00. The van der Waals surface area contributed by atoms with E-state index in [0.717, 1.165) is 16.7 Å². The lowest BCUT2D eigenvalue weighted by Gasteiger charge is -2.37. The minimum Gasteiger partial charge on any atom is -0.497 e.